The molecule has 2 saturated heterocycles. The Kier molecular flexibility index (Phi) is 4.10. The van der Waals surface area contributed by atoms with Gasteiger partial charge in [-0.3, -0.25) is 0 Å². The lowest BCUT2D eigenvalue weighted by molar-refractivity contribution is -0.183. The largest absolute Gasteiger partial charge is 0.389 e. The summed E-state index contributed by atoms with van der Waals surface area (Å²) in [7, 11) is 0. The predicted octanol–water partition coefficient (Wildman–Crippen LogP) is -0.497. The summed E-state index contributed by atoms with van der Waals surface area (Å²) in [5, 5.41) is 19.4. The first kappa shape index (κ1) is 14.0. The summed E-state index contributed by atoms with van der Waals surface area (Å²) in [6, 6.07) is 0. The molecule has 2 aliphatic rings. The lowest BCUT2D eigenvalue weighted by Crippen LogP contribution is -2.43. The zero-order valence-electron chi connectivity index (χ0n) is 8.50. The van der Waals surface area contributed by atoms with Crippen molar-refractivity contribution in [3.8, 4) is 0 Å². The second-order valence-corrected chi connectivity index (χ2v) is 6.24. The van der Waals surface area contributed by atoms with Gasteiger partial charge in [0.05, 0.1) is 6.10 Å². The van der Waals surface area contributed by atoms with Crippen molar-refractivity contribution in [2.75, 3.05) is 6.54 Å². The number of hydrogen-bond donors (Lipinski definition) is 3. The summed E-state index contributed by atoms with van der Waals surface area (Å²) in [5.41, 5.74) is 5.27. The lowest BCUT2D eigenvalue weighted by Gasteiger charge is -2.24. The van der Waals surface area contributed by atoms with Crippen LogP contribution in [0.5, 0.6) is 0 Å². The van der Waals surface area contributed by atoms with E-state index in [1.807, 2.05) is 0 Å². The van der Waals surface area contributed by atoms with E-state index in [9.17, 15) is 10.2 Å². The van der Waals surface area contributed by atoms with E-state index >= 15 is 0 Å². The van der Waals surface area contributed by atoms with Gasteiger partial charge < -0.3 is 30.2 Å². The summed E-state index contributed by atoms with van der Waals surface area (Å²) in [4.78, 5) is 0. The molecule has 0 radical (unpaired) electrons. The van der Waals surface area contributed by atoms with Crippen LogP contribution in [0, 0.1) is 0 Å². The van der Waals surface area contributed by atoms with Gasteiger partial charge in [-0.25, -0.2) is 0 Å². The molecule has 0 aliphatic carbocycles. The molecule has 6 atom stereocenters. The molecule has 17 heavy (non-hydrogen) atoms. The van der Waals surface area contributed by atoms with Gasteiger partial charge in [0.2, 0.25) is 10.1 Å². The maximum atomic E-state index is 9.87. The van der Waals surface area contributed by atoms with Gasteiger partial charge in [-0.2, -0.15) is 0 Å². The fourth-order valence-corrected chi connectivity index (χ4v) is 2.13. The summed E-state index contributed by atoms with van der Waals surface area (Å²) >= 11 is 16.8. The summed E-state index contributed by atoms with van der Waals surface area (Å²) < 4.78 is 13.9. The van der Waals surface area contributed by atoms with Crippen LogP contribution in [0.25, 0.3) is 0 Å². The van der Waals surface area contributed by atoms with E-state index in [2.05, 4.69) is 0 Å². The normalized spacial score (nSPS) is 43.8. The first-order chi connectivity index (χ1) is 7.84. The third kappa shape index (κ3) is 2.65. The molecule has 4 N–H and O–H groups in total. The van der Waals surface area contributed by atoms with E-state index < -0.39 is 40.8 Å². The highest BCUT2D eigenvalue weighted by atomic mass is 35.6. The number of hydrogen-bond acceptors (Lipinski definition) is 6. The predicted molar refractivity (Wildman–Crippen MR) is 59.8 cm³/mol. The van der Waals surface area contributed by atoms with Gasteiger partial charge in [0.15, 0.2) is 6.29 Å². The highest BCUT2D eigenvalue weighted by Gasteiger charge is 2.57. The molecule has 2 fully saturated rings. The molecular weight excluding hydrogens is 296 g/mol. The molecule has 9 heteroatoms. The topological polar surface area (TPSA) is 94.2 Å². The van der Waals surface area contributed by atoms with Crippen LogP contribution >= 0.6 is 34.8 Å². The van der Waals surface area contributed by atoms with Gasteiger partial charge in [-0.1, -0.05) is 34.8 Å². The minimum Gasteiger partial charge on any atom is -0.389 e. The van der Waals surface area contributed by atoms with E-state index in [4.69, 9.17) is 54.7 Å². The maximum absolute atomic E-state index is 9.87. The highest BCUT2D eigenvalue weighted by molar-refractivity contribution is 6.67. The molecule has 100 valence electrons. The Labute approximate surface area is 112 Å². The van der Waals surface area contributed by atoms with Gasteiger partial charge in [-0.15, -0.1) is 0 Å². The number of alkyl halides is 3. The summed E-state index contributed by atoms with van der Waals surface area (Å²) in [6.45, 7) is -0.0466. The first-order valence-corrected chi connectivity index (χ1v) is 6.07. The Bertz CT molecular complexity index is 289. The van der Waals surface area contributed by atoms with E-state index in [0.29, 0.717) is 0 Å². The van der Waals surface area contributed by atoms with Crippen molar-refractivity contribution in [1.82, 2.24) is 0 Å². The maximum Gasteiger partial charge on any atom is 0.241 e. The second-order valence-electron chi connectivity index (χ2n) is 3.87. The number of aliphatic hydroxyl groups is 2. The monoisotopic (exact) mass is 307 g/mol. The average Bonchev–Trinajstić information content (AvgIpc) is 2.77. The van der Waals surface area contributed by atoms with Gasteiger partial charge >= 0.3 is 0 Å². The number of fused-ring (bicyclic) bond motifs is 1. The quantitative estimate of drug-likeness (QED) is 0.596. The fraction of sp³-hybridized carbons (Fsp3) is 1.00. The standard InChI is InChI=1S/C8H12Cl3NO5/c9-8(10,11)7-16-5-3(14)4(2(13)1-12)15-6(5)17-7/h2-7,13-14H,1,12H2/t2?,3-,4+,5+,6+,7-/m0/s1. The van der Waals surface area contributed by atoms with Crippen LogP contribution < -0.4 is 5.73 Å². The highest BCUT2D eigenvalue weighted by Crippen LogP contribution is 2.42. The van der Waals surface area contributed by atoms with Crippen LogP contribution in [0.2, 0.25) is 0 Å². The Hall–Kier alpha value is 0.630. The van der Waals surface area contributed by atoms with Gasteiger partial charge in [-0.05, 0) is 0 Å². The van der Waals surface area contributed by atoms with Crippen molar-refractivity contribution in [1.29, 1.82) is 0 Å². The number of ether oxygens (including phenoxy) is 3. The van der Waals surface area contributed by atoms with Crippen molar-refractivity contribution < 1.29 is 24.4 Å². The number of aliphatic hydroxyl groups excluding tert-OH is 2. The Morgan fingerprint density at radius 1 is 1.24 bits per heavy atom. The third-order valence-electron chi connectivity index (χ3n) is 2.66. The van der Waals surface area contributed by atoms with Crippen molar-refractivity contribution in [2.45, 2.75) is 40.8 Å². The van der Waals surface area contributed by atoms with Gasteiger partial charge in [0, 0.05) is 6.54 Å². The van der Waals surface area contributed by atoms with Crippen molar-refractivity contribution in [3.63, 3.8) is 0 Å². The lowest BCUT2D eigenvalue weighted by atomic mass is 10.1. The van der Waals surface area contributed by atoms with Crippen molar-refractivity contribution in [2.24, 2.45) is 5.73 Å². The van der Waals surface area contributed by atoms with Crippen molar-refractivity contribution in [3.05, 3.63) is 0 Å². The molecule has 1 unspecified atom stereocenters. The molecule has 0 saturated carbocycles. The zero-order chi connectivity index (χ0) is 12.8. The molecule has 2 heterocycles. The van der Waals surface area contributed by atoms with Crippen LogP contribution in [0.3, 0.4) is 0 Å². The smallest absolute Gasteiger partial charge is 0.241 e. The van der Waals surface area contributed by atoms with Crippen LogP contribution in [-0.4, -0.2) is 57.5 Å². The van der Waals surface area contributed by atoms with Gasteiger partial charge in [0.25, 0.3) is 0 Å². The molecule has 0 aromatic rings. The minimum atomic E-state index is -1.77. The molecule has 0 aromatic carbocycles. The van der Waals surface area contributed by atoms with E-state index in [1.54, 1.807) is 0 Å². The van der Waals surface area contributed by atoms with Crippen LogP contribution in [0.15, 0.2) is 0 Å². The number of halogens is 3. The molecular formula is C8H12Cl3NO5. The fourth-order valence-electron chi connectivity index (χ4n) is 1.82. The molecule has 0 bridgehead atoms. The van der Waals surface area contributed by atoms with Crippen LogP contribution in [0.4, 0.5) is 0 Å². The molecule has 0 amide bonds. The van der Waals surface area contributed by atoms with E-state index in [-0.39, 0.29) is 6.54 Å². The van der Waals surface area contributed by atoms with E-state index in [1.165, 1.54) is 0 Å². The second kappa shape index (κ2) is 4.96. The number of nitrogens with two attached hydrogens (primary N) is 1. The Morgan fingerprint density at radius 2 is 1.88 bits per heavy atom. The minimum absolute atomic E-state index is 0.0466. The molecule has 0 spiro atoms. The molecule has 2 rings (SSSR count). The molecule has 6 nitrogen and oxygen atoms in total. The Balaban J connectivity index is 2.01. The van der Waals surface area contributed by atoms with Crippen molar-refractivity contribution >= 4 is 34.8 Å². The molecule has 0 aromatic heterocycles. The summed E-state index contributed by atoms with van der Waals surface area (Å²) in [5.74, 6) is 0. The SMILES string of the molecule is NCC(O)[C@H]1O[C@@H]2O[C@@H](C(Cl)(Cl)Cl)O[C@@H]2[C@H]1O. The van der Waals surface area contributed by atoms with Crippen LogP contribution in [0.1, 0.15) is 0 Å². The zero-order valence-corrected chi connectivity index (χ0v) is 10.8. The average molecular weight is 309 g/mol. The third-order valence-corrected chi connectivity index (χ3v) is 3.19. The van der Waals surface area contributed by atoms with E-state index in [0.717, 1.165) is 0 Å². The number of rotatable bonds is 2. The van der Waals surface area contributed by atoms with Gasteiger partial charge in [0.1, 0.15) is 18.3 Å². The summed E-state index contributed by atoms with van der Waals surface area (Å²) in [6.07, 6.45) is -5.76. The first-order valence-electron chi connectivity index (χ1n) is 4.94. The molecule has 2 aliphatic heterocycles. The Morgan fingerprint density at radius 3 is 2.35 bits per heavy atom. The van der Waals surface area contributed by atoms with Crippen LogP contribution in [-0.2, 0) is 14.2 Å².